The van der Waals surface area contributed by atoms with E-state index in [0.29, 0.717) is 38.9 Å². The zero-order chi connectivity index (χ0) is 30.2. The quantitative estimate of drug-likeness (QED) is 0.378. The van der Waals surface area contributed by atoms with Gasteiger partial charge in [-0.25, -0.2) is 9.38 Å². The highest BCUT2D eigenvalue weighted by molar-refractivity contribution is 6.10. The fourth-order valence-corrected chi connectivity index (χ4v) is 4.79. The molecule has 2 aliphatic heterocycles. The van der Waals surface area contributed by atoms with Crippen LogP contribution in [0.15, 0.2) is 41.5 Å². The maximum atomic E-state index is 14.4. The lowest BCUT2D eigenvalue weighted by molar-refractivity contribution is -0.140. The van der Waals surface area contributed by atoms with Gasteiger partial charge >= 0.3 is 0 Å². The number of likely N-dealkylation sites (tertiary alicyclic amines) is 2. The van der Waals surface area contributed by atoms with Crippen LogP contribution in [0.2, 0.25) is 0 Å². The van der Waals surface area contributed by atoms with Crippen molar-refractivity contribution in [3.05, 3.63) is 53.6 Å². The summed E-state index contributed by atoms with van der Waals surface area (Å²) in [4.78, 5) is 64.9. The summed E-state index contributed by atoms with van der Waals surface area (Å²) < 4.78 is 19.4. The predicted octanol–water partition coefficient (Wildman–Crippen LogP) is 2.13. The average Bonchev–Trinajstić information content (AvgIpc) is 3.47. The van der Waals surface area contributed by atoms with Gasteiger partial charge in [0.05, 0.1) is 19.2 Å². The second-order valence-electron chi connectivity index (χ2n) is 10.4. The minimum absolute atomic E-state index is 0.0205. The van der Waals surface area contributed by atoms with Crippen LogP contribution in [0.5, 0.6) is 5.75 Å². The normalized spacial score (nSPS) is 17.5. The molecule has 0 radical (unpaired) electrons. The minimum Gasteiger partial charge on any atom is -0.494 e. The number of halogens is 1. The Bertz CT molecular complexity index is 1340. The molecule has 4 amide bonds. The van der Waals surface area contributed by atoms with Gasteiger partial charge in [0.15, 0.2) is 11.6 Å². The van der Waals surface area contributed by atoms with Crippen molar-refractivity contribution < 1.29 is 28.3 Å². The Kier molecular flexibility index (Phi) is 10.0. The number of nitrogens with one attached hydrogen (secondary N) is 2. The lowest BCUT2D eigenvalue weighted by atomic mass is 10.1. The summed E-state index contributed by atoms with van der Waals surface area (Å²) in [7, 11) is 4.54. The molecule has 1 unspecified atom stereocenters. The molecule has 12 nitrogen and oxygen atoms in total. The third-order valence-corrected chi connectivity index (χ3v) is 7.12. The summed E-state index contributed by atoms with van der Waals surface area (Å²) in [5.41, 5.74) is 0.579. The highest BCUT2D eigenvalue weighted by atomic mass is 19.1. The second kappa shape index (κ2) is 13.9. The van der Waals surface area contributed by atoms with Crippen LogP contribution >= 0.6 is 0 Å². The second-order valence-corrected chi connectivity index (χ2v) is 10.4. The Morgan fingerprint density at radius 3 is 2.48 bits per heavy atom. The van der Waals surface area contributed by atoms with Crippen LogP contribution in [0.3, 0.4) is 0 Å². The average molecular weight is 582 g/mol. The molecular weight excluding hydrogens is 545 g/mol. The van der Waals surface area contributed by atoms with Gasteiger partial charge in [-0.15, -0.1) is 0 Å². The van der Waals surface area contributed by atoms with E-state index in [9.17, 15) is 23.6 Å². The Hall–Kier alpha value is -4.55. The van der Waals surface area contributed by atoms with Crippen molar-refractivity contribution in [2.24, 2.45) is 4.99 Å². The number of aromatic nitrogens is 1. The lowest BCUT2D eigenvalue weighted by Crippen LogP contribution is -2.45. The number of amides is 4. The lowest BCUT2D eigenvalue weighted by Gasteiger charge is -2.25. The van der Waals surface area contributed by atoms with Gasteiger partial charge in [-0.05, 0) is 56.4 Å². The monoisotopic (exact) mass is 581 g/mol. The molecule has 1 aromatic heterocycles. The number of hydrogen-bond acceptors (Lipinski definition) is 7. The molecule has 224 valence electrons. The number of carbonyl (C=O) groups excluding carboxylic acids is 4. The van der Waals surface area contributed by atoms with Crippen LogP contribution in [-0.2, 0) is 9.59 Å². The van der Waals surface area contributed by atoms with Gasteiger partial charge in [0.2, 0.25) is 17.8 Å². The van der Waals surface area contributed by atoms with E-state index in [1.165, 1.54) is 47.4 Å². The van der Waals surface area contributed by atoms with Gasteiger partial charge in [0, 0.05) is 51.7 Å². The van der Waals surface area contributed by atoms with Gasteiger partial charge in [-0.3, -0.25) is 29.5 Å². The Morgan fingerprint density at radius 2 is 1.83 bits per heavy atom. The van der Waals surface area contributed by atoms with Crippen LogP contribution in [0.1, 0.15) is 53.0 Å². The number of rotatable bonds is 7. The predicted molar refractivity (Wildman–Crippen MR) is 154 cm³/mol. The number of carbonyl (C=O) groups is 4. The van der Waals surface area contributed by atoms with Crippen LogP contribution in [0, 0.1) is 5.82 Å². The highest BCUT2D eigenvalue weighted by Gasteiger charge is 2.30. The maximum absolute atomic E-state index is 14.4. The summed E-state index contributed by atoms with van der Waals surface area (Å²) in [6.45, 7) is 1.81. The summed E-state index contributed by atoms with van der Waals surface area (Å²) in [5.74, 6) is -1.99. The van der Waals surface area contributed by atoms with Gasteiger partial charge in [0.1, 0.15) is 11.7 Å². The number of nitrogens with zero attached hydrogens (tertiary/aromatic N) is 5. The summed E-state index contributed by atoms with van der Waals surface area (Å²) in [6.07, 6.45) is 4.99. The number of methoxy groups -OCH3 is 1. The maximum Gasteiger partial charge on any atom is 0.271 e. The highest BCUT2D eigenvalue weighted by Crippen LogP contribution is 2.21. The molecule has 3 heterocycles. The van der Waals surface area contributed by atoms with E-state index in [4.69, 9.17) is 4.74 Å². The molecule has 0 saturated carbocycles. The van der Waals surface area contributed by atoms with Crippen LogP contribution < -0.4 is 15.4 Å². The van der Waals surface area contributed by atoms with E-state index >= 15 is 0 Å². The van der Waals surface area contributed by atoms with Crippen molar-refractivity contribution in [3.63, 3.8) is 0 Å². The van der Waals surface area contributed by atoms with Gasteiger partial charge in [-0.1, -0.05) is 0 Å². The Labute approximate surface area is 243 Å². The largest absolute Gasteiger partial charge is 0.494 e. The van der Waals surface area contributed by atoms with Crippen molar-refractivity contribution in [1.29, 1.82) is 0 Å². The van der Waals surface area contributed by atoms with Gasteiger partial charge < -0.3 is 24.8 Å². The van der Waals surface area contributed by atoms with Crippen molar-refractivity contribution in [3.8, 4) is 5.75 Å². The minimum atomic E-state index is -0.872. The van der Waals surface area contributed by atoms with Crippen LogP contribution in [0.25, 0.3) is 0 Å². The zero-order valence-electron chi connectivity index (χ0n) is 24.1. The molecule has 1 atom stereocenters. The van der Waals surface area contributed by atoms with Crippen molar-refractivity contribution >= 4 is 35.3 Å². The molecule has 42 heavy (non-hydrogen) atoms. The van der Waals surface area contributed by atoms with E-state index in [0.717, 1.165) is 12.8 Å². The van der Waals surface area contributed by atoms with Gasteiger partial charge in [0.25, 0.3) is 11.8 Å². The molecular formula is C29H36FN7O5. The number of hydrogen-bond donors (Lipinski definition) is 2. The first kappa shape index (κ1) is 30.4. The molecule has 2 aromatic rings. The third-order valence-electron chi connectivity index (χ3n) is 7.12. The third kappa shape index (κ3) is 7.59. The fraction of sp³-hybridized carbons (Fsp3) is 0.448. The first-order valence-electron chi connectivity index (χ1n) is 13.9. The number of ether oxygens (including phenoxy) is 1. The smallest absolute Gasteiger partial charge is 0.271 e. The van der Waals surface area contributed by atoms with E-state index < -0.39 is 17.8 Å². The summed E-state index contributed by atoms with van der Waals surface area (Å²) >= 11 is 0. The fourth-order valence-electron chi connectivity index (χ4n) is 4.79. The van der Waals surface area contributed by atoms with E-state index in [1.54, 1.807) is 25.1 Å². The van der Waals surface area contributed by atoms with Crippen molar-refractivity contribution in [1.82, 2.24) is 25.0 Å². The molecule has 0 spiro atoms. The topological polar surface area (TPSA) is 137 Å². The molecule has 2 aliphatic rings. The Balaban J connectivity index is 1.57. The first-order chi connectivity index (χ1) is 20.2. The molecule has 1 aromatic carbocycles. The number of guanidine groups is 1. The standard InChI is InChI=1S/C29H36FN7O5/c1-35(2)27(40)22-11-9-19(17-31-22)26(39)34-29(32-20-10-12-24(42-3)21(30)16-20)33-23-8-4-5-15-37(28(23)41)18-25(38)36-13-6-7-14-36/h9-12,16-17,23H,4-8,13-15,18H2,1-3H3,(H2,32,33,34,39). The number of pyridine rings is 1. The molecule has 13 heteroatoms. The van der Waals surface area contributed by atoms with Crippen molar-refractivity contribution in [2.75, 3.05) is 52.7 Å². The van der Waals surface area contributed by atoms with Crippen LogP contribution in [-0.4, -0.2) is 103 Å². The van der Waals surface area contributed by atoms with Crippen LogP contribution in [0.4, 0.5) is 10.1 Å². The first-order valence-corrected chi connectivity index (χ1v) is 13.9. The number of anilines is 1. The molecule has 0 aliphatic carbocycles. The number of benzene rings is 1. The molecule has 4 rings (SSSR count). The summed E-state index contributed by atoms with van der Waals surface area (Å²) in [5, 5.41) is 5.56. The molecule has 2 fully saturated rings. The molecule has 2 saturated heterocycles. The molecule has 2 N–H and O–H groups in total. The van der Waals surface area contributed by atoms with E-state index in [-0.39, 0.29) is 52.9 Å². The van der Waals surface area contributed by atoms with Gasteiger partial charge in [-0.2, -0.15) is 0 Å². The van der Waals surface area contributed by atoms with Crippen molar-refractivity contribution in [2.45, 2.75) is 38.1 Å². The Morgan fingerprint density at radius 1 is 1.10 bits per heavy atom. The SMILES string of the molecule is COc1ccc(NC(=NC2CCCCN(CC(=O)N3CCCC3)C2=O)NC(=O)c2ccc(C(=O)N(C)C)nc2)cc1F. The summed E-state index contributed by atoms with van der Waals surface area (Å²) in [6, 6.07) is 6.16. The van der Waals surface area contributed by atoms with E-state index in [1.807, 2.05) is 0 Å². The molecule has 0 bridgehead atoms. The zero-order valence-corrected chi connectivity index (χ0v) is 24.1. The van der Waals surface area contributed by atoms with E-state index in [2.05, 4.69) is 20.6 Å². The number of aliphatic imine (C=N–C) groups is 1.